The van der Waals surface area contributed by atoms with Crippen LogP contribution in [0.1, 0.15) is 24.8 Å². The quantitative estimate of drug-likeness (QED) is 0.904. The van der Waals surface area contributed by atoms with Crippen LogP contribution in [-0.2, 0) is 6.42 Å². The van der Waals surface area contributed by atoms with E-state index in [1.807, 2.05) is 13.8 Å². The van der Waals surface area contributed by atoms with Crippen LogP contribution >= 0.6 is 0 Å². The molecule has 5 heteroatoms. The molecule has 2 rings (SSSR count). The lowest BCUT2D eigenvalue weighted by atomic mass is 10.1. The Morgan fingerprint density at radius 3 is 2.94 bits per heavy atom. The Balaban J connectivity index is 2.21. The van der Waals surface area contributed by atoms with Gasteiger partial charge in [0.2, 0.25) is 11.7 Å². The zero-order valence-electron chi connectivity index (χ0n) is 10.5. The maximum Gasteiger partial charge on any atom is 0.227 e. The molecule has 0 amide bonds. The molecule has 96 valence electrons. The van der Waals surface area contributed by atoms with Crippen LogP contribution < -0.4 is 5.73 Å². The second-order valence-electron chi connectivity index (χ2n) is 4.49. The van der Waals surface area contributed by atoms with E-state index in [1.165, 1.54) is 12.1 Å². The summed E-state index contributed by atoms with van der Waals surface area (Å²) in [5, 5.41) is 3.87. The molecule has 1 atom stereocenters. The van der Waals surface area contributed by atoms with Crippen LogP contribution in [0, 0.1) is 12.7 Å². The Morgan fingerprint density at radius 2 is 2.22 bits per heavy atom. The van der Waals surface area contributed by atoms with E-state index < -0.39 is 0 Å². The SMILES string of the molecule is Cc1ccc(F)cc1-c1noc(CCC(C)N)n1. The van der Waals surface area contributed by atoms with Crippen molar-refractivity contribution in [3.63, 3.8) is 0 Å². The summed E-state index contributed by atoms with van der Waals surface area (Å²) in [6.45, 7) is 3.81. The number of halogens is 1. The highest BCUT2D eigenvalue weighted by atomic mass is 19.1. The third-order valence-electron chi connectivity index (χ3n) is 2.72. The van der Waals surface area contributed by atoms with Gasteiger partial charge in [-0.2, -0.15) is 4.98 Å². The van der Waals surface area contributed by atoms with E-state index in [0.717, 1.165) is 12.0 Å². The highest BCUT2D eigenvalue weighted by Crippen LogP contribution is 2.21. The topological polar surface area (TPSA) is 64.9 Å². The van der Waals surface area contributed by atoms with Gasteiger partial charge in [0.25, 0.3) is 0 Å². The van der Waals surface area contributed by atoms with Crippen molar-refractivity contribution in [1.29, 1.82) is 0 Å². The van der Waals surface area contributed by atoms with E-state index in [1.54, 1.807) is 6.07 Å². The van der Waals surface area contributed by atoms with E-state index in [4.69, 9.17) is 10.3 Å². The molecule has 4 nitrogen and oxygen atoms in total. The van der Waals surface area contributed by atoms with Gasteiger partial charge in [0.1, 0.15) is 5.82 Å². The first-order chi connectivity index (χ1) is 8.56. The zero-order chi connectivity index (χ0) is 13.1. The number of rotatable bonds is 4. The van der Waals surface area contributed by atoms with Crippen LogP contribution in [0.2, 0.25) is 0 Å². The Hall–Kier alpha value is -1.75. The fraction of sp³-hybridized carbons (Fsp3) is 0.385. The summed E-state index contributed by atoms with van der Waals surface area (Å²) in [4.78, 5) is 4.25. The van der Waals surface area contributed by atoms with Crippen molar-refractivity contribution < 1.29 is 8.91 Å². The van der Waals surface area contributed by atoms with Crippen LogP contribution in [0.25, 0.3) is 11.4 Å². The first-order valence-electron chi connectivity index (χ1n) is 5.91. The summed E-state index contributed by atoms with van der Waals surface area (Å²) < 4.78 is 18.3. The second-order valence-corrected chi connectivity index (χ2v) is 4.49. The van der Waals surface area contributed by atoms with Crippen molar-refractivity contribution >= 4 is 0 Å². The molecule has 2 aromatic rings. The zero-order valence-corrected chi connectivity index (χ0v) is 10.5. The van der Waals surface area contributed by atoms with Crippen molar-refractivity contribution in [2.24, 2.45) is 5.73 Å². The predicted molar refractivity (Wildman–Crippen MR) is 66.4 cm³/mol. The van der Waals surface area contributed by atoms with Crippen molar-refractivity contribution in [2.75, 3.05) is 0 Å². The van der Waals surface area contributed by atoms with Gasteiger partial charge in [0.05, 0.1) is 0 Å². The summed E-state index contributed by atoms with van der Waals surface area (Å²) in [5.41, 5.74) is 7.23. The van der Waals surface area contributed by atoms with Gasteiger partial charge in [-0.15, -0.1) is 0 Å². The van der Waals surface area contributed by atoms with Gasteiger partial charge in [-0.25, -0.2) is 4.39 Å². The van der Waals surface area contributed by atoms with Crippen LogP contribution in [0.3, 0.4) is 0 Å². The molecule has 0 saturated carbocycles. The molecule has 2 N–H and O–H groups in total. The number of hydrogen-bond acceptors (Lipinski definition) is 4. The number of nitrogens with zero attached hydrogens (tertiary/aromatic N) is 2. The fourth-order valence-electron chi connectivity index (χ4n) is 1.65. The maximum absolute atomic E-state index is 13.2. The minimum Gasteiger partial charge on any atom is -0.339 e. The van der Waals surface area contributed by atoms with Gasteiger partial charge in [-0.3, -0.25) is 0 Å². The Labute approximate surface area is 105 Å². The molecule has 18 heavy (non-hydrogen) atoms. The average Bonchev–Trinajstić information content (AvgIpc) is 2.78. The van der Waals surface area contributed by atoms with Crippen LogP contribution in [0.5, 0.6) is 0 Å². The molecule has 1 unspecified atom stereocenters. The van der Waals surface area contributed by atoms with Gasteiger partial charge in [-0.1, -0.05) is 11.2 Å². The van der Waals surface area contributed by atoms with Crippen LogP contribution in [0.4, 0.5) is 4.39 Å². The first-order valence-corrected chi connectivity index (χ1v) is 5.91. The Kier molecular flexibility index (Phi) is 3.72. The molecular weight excluding hydrogens is 233 g/mol. The predicted octanol–water partition coefficient (Wildman–Crippen LogP) is 2.46. The highest BCUT2D eigenvalue weighted by molar-refractivity contribution is 5.59. The Morgan fingerprint density at radius 1 is 1.44 bits per heavy atom. The number of aromatic nitrogens is 2. The molecular formula is C13H16FN3O. The summed E-state index contributed by atoms with van der Waals surface area (Å²) in [6, 6.07) is 4.62. The minimum atomic E-state index is -0.308. The fourth-order valence-corrected chi connectivity index (χ4v) is 1.65. The number of nitrogens with two attached hydrogens (primary N) is 1. The van der Waals surface area contributed by atoms with Gasteiger partial charge in [0.15, 0.2) is 0 Å². The monoisotopic (exact) mass is 249 g/mol. The molecule has 1 aromatic heterocycles. The van der Waals surface area contributed by atoms with Crippen molar-refractivity contribution in [1.82, 2.24) is 10.1 Å². The van der Waals surface area contributed by atoms with Crippen molar-refractivity contribution in [2.45, 2.75) is 32.7 Å². The third-order valence-corrected chi connectivity index (χ3v) is 2.72. The lowest BCUT2D eigenvalue weighted by molar-refractivity contribution is 0.372. The smallest absolute Gasteiger partial charge is 0.227 e. The highest BCUT2D eigenvalue weighted by Gasteiger charge is 2.12. The normalized spacial score (nSPS) is 12.7. The van der Waals surface area contributed by atoms with E-state index in [2.05, 4.69) is 10.1 Å². The molecule has 0 spiro atoms. The lowest BCUT2D eigenvalue weighted by Gasteiger charge is -2.00. The van der Waals surface area contributed by atoms with Gasteiger partial charge in [-0.05, 0) is 38.0 Å². The number of hydrogen-bond donors (Lipinski definition) is 1. The van der Waals surface area contributed by atoms with Crippen molar-refractivity contribution in [3.05, 3.63) is 35.5 Å². The van der Waals surface area contributed by atoms with E-state index in [0.29, 0.717) is 23.7 Å². The maximum atomic E-state index is 13.2. The number of aryl methyl sites for hydroxylation is 2. The molecule has 1 aromatic carbocycles. The molecule has 0 saturated heterocycles. The number of benzene rings is 1. The molecule has 0 fully saturated rings. The van der Waals surface area contributed by atoms with Gasteiger partial charge >= 0.3 is 0 Å². The summed E-state index contributed by atoms with van der Waals surface area (Å²) in [5.74, 6) is 0.648. The van der Waals surface area contributed by atoms with Crippen LogP contribution in [-0.4, -0.2) is 16.2 Å². The molecule has 0 aliphatic rings. The van der Waals surface area contributed by atoms with E-state index in [-0.39, 0.29) is 11.9 Å². The first kappa shape index (κ1) is 12.7. The summed E-state index contributed by atoms with van der Waals surface area (Å²) in [7, 11) is 0. The van der Waals surface area contributed by atoms with Gasteiger partial charge < -0.3 is 10.3 Å². The molecule has 0 aliphatic carbocycles. The molecule has 0 bridgehead atoms. The lowest BCUT2D eigenvalue weighted by Crippen LogP contribution is -2.15. The molecule has 0 aliphatic heterocycles. The van der Waals surface area contributed by atoms with E-state index in [9.17, 15) is 4.39 Å². The van der Waals surface area contributed by atoms with E-state index >= 15 is 0 Å². The summed E-state index contributed by atoms with van der Waals surface area (Å²) >= 11 is 0. The average molecular weight is 249 g/mol. The third kappa shape index (κ3) is 2.92. The molecule has 1 heterocycles. The second kappa shape index (κ2) is 5.27. The van der Waals surface area contributed by atoms with Crippen molar-refractivity contribution in [3.8, 4) is 11.4 Å². The standard InChI is InChI=1S/C13H16FN3O/c1-8-3-5-10(14)7-11(8)13-16-12(18-17-13)6-4-9(2)15/h3,5,7,9H,4,6,15H2,1-2H3. The van der Waals surface area contributed by atoms with Gasteiger partial charge in [0, 0.05) is 18.0 Å². The summed E-state index contributed by atoms with van der Waals surface area (Å²) in [6.07, 6.45) is 1.42. The Bertz CT molecular complexity index is 537. The largest absolute Gasteiger partial charge is 0.339 e. The molecule has 0 radical (unpaired) electrons. The van der Waals surface area contributed by atoms with Crippen LogP contribution in [0.15, 0.2) is 22.7 Å². The minimum absolute atomic E-state index is 0.0938.